The van der Waals surface area contributed by atoms with Crippen molar-refractivity contribution in [2.75, 3.05) is 25.6 Å². The highest BCUT2D eigenvalue weighted by Gasteiger charge is 2.17. The zero-order chi connectivity index (χ0) is 17.5. The lowest BCUT2D eigenvalue weighted by Gasteiger charge is -2.15. The van der Waals surface area contributed by atoms with Crippen molar-refractivity contribution in [1.29, 1.82) is 5.26 Å². The Morgan fingerprint density at radius 2 is 2.28 bits per heavy atom. The molecule has 0 unspecified atom stereocenters. The van der Waals surface area contributed by atoms with Crippen LogP contribution in [0.4, 0.5) is 5.82 Å². The van der Waals surface area contributed by atoms with Crippen LogP contribution >= 0.6 is 0 Å². The topological polar surface area (TPSA) is 76.4 Å². The first-order chi connectivity index (χ1) is 12.3. The van der Waals surface area contributed by atoms with Crippen LogP contribution in [0.1, 0.15) is 24.0 Å². The van der Waals surface area contributed by atoms with Gasteiger partial charge in [-0.05, 0) is 42.7 Å². The van der Waals surface area contributed by atoms with Crippen molar-refractivity contribution in [1.82, 2.24) is 4.98 Å². The van der Waals surface area contributed by atoms with Gasteiger partial charge in [0.1, 0.15) is 18.5 Å². The Morgan fingerprint density at radius 3 is 3.04 bits per heavy atom. The van der Waals surface area contributed by atoms with Crippen LogP contribution in [0, 0.1) is 11.3 Å². The summed E-state index contributed by atoms with van der Waals surface area (Å²) in [6.45, 7) is 1.88. The second-order valence-corrected chi connectivity index (χ2v) is 5.80. The molecule has 1 aliphatic rings. The van der Waals surface area contributed by atoms with Gasteiger partial charge in [0.15, 0.2) is 11.5 Å². The average molecular weight is 339 g/mol. The maximum absolute atomic E-state index is 9.11. The SMILES string of the molecule is COc1cc(CNc2ncccc2C#N)ccc1OC[C@H]1CCCO1. The van der Waals surface area contributed by atoms with Crippen molar-refractivity contribution in [3.05, 3.63) is 47.7 Å². The van der Waals surface area contributed by atoms with Crippen LogP contribution in [0.15, 0.2) is 36.5 Å². The summed E-state index contributed by atoms with van der Waals surface area (Å²) < 4.78 is 16.8. The van der Waals surface area contributed by atoms with Gasteiger partial charge in [-0.1, -0.05) is 6.07 Å². The Kier molecular flexibility index (Phi) is 5.70. The molecule has 2 aromatic rings. The highest BCUT2D eigenvalue weighted by atomic mass is 16.5. The van der Waals surface area contributed by atoms with Crippen LogP contribution in [-0.4, -0.2) is 31.4 Å². The molecule has 25 heavy (non-hydrogen) atoms. The molecule has 0 spiro atoms. The molecule has 0 radical (unpaired) electrons. The van der Waals surface area contributed by atoms with Crippen LogP contribution in [0.2, 0.25) is 0 Å². The zero-order valence-corrected chi connectivity index (χ0v) is 14.2. The lowest BCUT2D eigenvalue weighted by Crippen LogP contribution is -2.16. The van der Waals surface area contributed by atoms with Gasteiger partial charge in [-0.15, -0.1) is 0 Å². The molecule has 0 aliphatic carbocycles. The van der Waals surface area contributed by atoms with Crippen molar-refractivity contribution in [2.24, 2.45) is 0 Å². The fourth-order valence-electron chi connectivity index (χ4n) is 2.72. The molecule has 0 bridgehead atoms. The molecule has 1 aliphatic heterocycles. The number of nitrogens with zero attached hydrogens (tertiary/aromatic N) is 2. The Balaban J connectivity index is 1.63. The van der Waals surface area contributed by atoms with Crippen LogP contribution in [0.5, 0.6) is 11.5 Å². The summed E-state index contributed by atoms with van der Waals surface area (Å²) in [6, 6.07) is 11.4. The minimum absolute atomic E-state index is 0.166. The van der Waals surface area contributed by atoms with Crippen molar-refractivity contribution < 1.29 is 14.2 Å². The molecule has 130 valence electrons. The molecule has 1 aromatic carbocycles. The van der Waals surface area contributed by atoms with E-state index in [4.69, 9.17) is 19.5 Å². The van der Waals surface area contributed by atoms with Gasteiger partial charge in [0.25, 0.3) is 0 Å². The van der Waals surface area contributed by atoms with E-state index in [2.05, 4.69) is 16.4 Å². The van der Waals surface area contributed by atoms with Crippen molar-refractivity contribution in [3.63, 3.8) is 0 Å². The number of benzene rings is 1. The summed E-state index contributed by atoms with van der Waals surface area (Å²) >= 11 is 0. The number of hydrogen-bond donors (Lipinski definition) is 1. The minimum atomic E-state index is 0.166. The number of nitrogens with one attached hydrogen (secondary N) is 1. The molecule has 0 amide bonds. The molecule has 1 atom stereocenters. The largest absolute Gasteiger partial charge is 0.493 e. The number of pyridine rings is 1. The van der Waals surface area contributed by atoms with E-state index in [0.717, 1.165) is 25.0 Å². The van der Waals surface area contributed by atoms with E-state index < -0.39 is 0 Å². The number of nitriles is 1. The van der Waals surface area contributed by atoms with E-state index in [9.17, 15) is 0 Å². The molecule has 0 saturated carbocycles. The molecule has 1 fully saturated rings. The average Bonchev–Trinajstić information content (AvgIpc) is 3.18. The molecule has 6 heteroatoms. The normalized spacial score (nSPS) is 16.2. The minimum Gasteiger partial charge on any atom is -0.493 e. The number of hydrogen-bond acceptors (Lipinski definition) is 6. The maximum Gasteiger partial charge on any atom is 0.161 e. The number of methoxy groups -OCH3 is 1. The van der Waals surface area contributed by atoms with Gasteiger partial charge in [0.05, 0.1) is 18.8 Å². The van der Waals surface area contributed by atoms with Crippen LogP contribution in [-0.2, 0) is 11.3 Å². The van der Waals surface area contributed by atoms with E-state index in [1.54, 1.807) is 25.4 Å². The predicted octanol–water partition coefficient (Wildman–Crippen LogP) is 3.13. The van der Waals surface area contributed by atoms with Crippen molar-refractivity contribution >= 4 is 5.82 Å². The fourth-order valence-corrected chi connectivity index (χ4v) is 2.72. The molecule has 2 heterocycles. The van der Waals surface area contributed by atoms with E-state index in [-0.39, 0.29) is 6.10 Å². The molecule has 1 saturated heterocycles. The monoisotopic (exact) mass is 339 g/mol. The summed E-state index contributed by atoms with van der Waals surface area (Å²) in [4.78, 5) is 4.19. The predicted molar refractivity (Wildman–Crippen MR) is 93.7 cm³/mol. The first kappa shape index (κ1) is 17.1. The van der Waals surface area contributed by atoms with Gasteiger partial charge in [-0.3, -0.25) is 0 Å². The summed E-state index contributed by atoms with van der Waals surface area (Å²) in [5.41, 5.74) is 1.53. The number of aromatic nitrogens is 1. The first-order valence-corrected chi connectivity index (χ1v) is 8.30. The van der Waals surface area contributed by atoms with Gasteiger partial charge >= 0.3 is 0 Å². The second-order valence-electron chi connectivity index (χ2n) is 5.80. The van der Waals surface area contributed by atoms with E-state index in [0.29, 0.717) is 36.0 Å². The smallest absolute Gasteiger partial charge is 0.161 e. The van der Waals surface area contributed by atoms with E-state index in [1.165, 1.54) is 0 Å². The van der Waals surface area contributed by atoms with Gasteiger partial charge < -0.3 is 19.5 Å². The molecular formula is C19H21N3O3. The molecule has 3 rings (SSSR count). The first-order valence-electron chi connectivity index (χ1n) is 8.30. The Hall–Kier alpha value is -2.78. The lowest BCUT2D eigenvalue weighted by atomic mass is 10.2. The third-order valence-electron chi connectivity index (χ3n) is 4.06. The number of ether oxygens (including phenoxy) is 3. The fraction of sp³-hybridized carbons (Fsp3) is 0.368. The quantitative estimate of drug-likeness (QED) is 0.835. The van der Waals surface area contributed by atoms with Crippen molar-refractivity contribution in [2.45, 2.75) is 25.5 Å². The summed E-state index contributed by atoms with van der Waals surface area (Å²) in [5, 5.41) is 12.3. The number of anilines is 1. The third-order valence-corrected chi connectivity index (χ3v) is 4.06. The van der Waals surface area contributed by atoms with Crippen LogP contribution in [0.3, 0.4) is 0 Å². The zero-order valence-electron chi connectivity index (χ0n) is 14.2. The molecular weight excluding hydrogens is 318 g/mol. The number of rotatable bonds is 7. The standard InChI is InChI=1S/C19H21N3O3/c1-23-18-10-14(12-22-19-15(11-20)4-2-8-21-19)6-7-17(18)25-13-16-5-3-9-24-16/h2,4,6-8,10,16H,3,5,9,12-13H2,1H3,(H,21,22)/t16-/m1/s1. The second kappa shape index (κ2) is 8.36. The highest BCUT2D eigenvalue weighted by Crippen LogP contribution is 2.29. The van der Waals surface area contributed by atoms with Gasteiger partial charge in [0, 0.05) is 19.3 Å². The molecule has 1 aromatic heterocycles. The van der Waals surface area contributed by atoms with Crippen molar-refractivity contribution in [3.8, 4) is 17.6 Å². The lowest BCUT2D eigenvalue weighted by molar-refractivity contribution is 0.0669. The third kappa shape index (κ3) is 4.40. The summed E-state index contributed by atoms with van der Waals surface area (Å²) in [6.07, 6.45) is 3.95. The van der Waals surface area contributed by atoms with Crippen LogP contribution in [0.25, 0.3) is 0 Å². The van der Waals surface area contributed by atoms with Gasteiger partial charge in [-0.2, -0.15) is 5.26 Å². The Bertz CT molecular complexity index is 752. The Labute approximate surface area is 147 Å². The highest BCUT2D eigenvalue weighted by molar-refractivity contribution is 5.52. The molecule has 1 N–H and O–H groups in total. The van der Waals surface area contributed by atoms with Crippen LogP contribution < -0.4 is 14.8 Å². The maximum atomic E-state index is 9.11. The summed E-state index contributed by atoms with van der Waals surface area (Å²) in [7, 11) is 1.62. The Morgan fingerprint density at radius 1 is 1.36 bits per heavy atom. The van der Waals surface area contributed by atoms with Gasteiger partial charge in [-0.25, -0.2) is 4.98 Å². The van der Waals surface area contributed by atoms with Gasteiger partial charge in [0.2, 0.25) is 0 Å². The summed E-state index contributed by atoms with van der Waals surface area (Å²) in [5.74, 6) is 1.96. The molecule has 6 nitrogen and oxygen atoms in total. The van der Waals surface area contributed by atoms with E-state index in [1.807, 2.05) is 18.2 Å². The van der Waals surface area contributed by atoms with E-state index >= 15 is 0 Å².